The van der Waals surface area contributed by atoms with Crippen LogP contribution in [0.4, 0.5) is 0 Å². The first-order valence-corrected chi connectivity index (χ1v) is 8.80. The first-order chi connectivity index (χ1) is 13.4. The SMILES string of the molecule is c1ccc2ccccc2c1.c1cnc2c(c1)c1ncnc1c1ccc[nH]c12. The van der Waals surface area contributed by atoms with E-state index in [-0.39, 0.29) is 0 Å². The van der Waals surface area contributed by atoms with E-state index in [0.29, 0.717) is 0 Å². The quantitative estimate of drug-likeness (QED) is 0.369. The summed E-state index contributed by atoms with van der Waals surface area (Å²) in [6, 6.07) is 24.7. The number of rotatable bonds is 0. The van der Waals surface area contributed by atoms with Crippen molar-refractivity contribution in [3.05, 3.63) is 91.5 Å². The maximum atomic E-state index is 4.44. The molecule has 0 fully saturated rings. The minimum atomic E-state index is 0.917. The number of hydrogen-bond donors (Lipinski definition) is 1. The van der Waals surface area contributed by atoms with Crippen LogP contribution in [0.3, 0.4) is 0 Å². The fraction of sp³-hybridized carbons (Fsp3) is 0. The van der Waals surface area contributed by atoms with E-state index in [1.807, 2.05) is 30.5 Å². The van der Waals surface area contributed by atoms with Gasteiger partial charge < -0.3 is 4.98 Å². The van der Waals surface area contributed by atoms with Crippen LogP contribution in [0.5, 0.6) is 0 Å². The molecule has 3 aromatic heterocycles. The summed E-state index contributed by atoms with van der Waals surface area (Å²) in [7, 11) is 0. The van der Waals surface area contributed by atoms with Gasteiger partial charge in [0.15, 0.2) is 0 Å². The number of nitrogens with zero attached hydrogens (tertiary/aromatic N) is 3. The average Bonchev–Trinajstić information content (AvgIpc) is 3.25. The summed E-state index contributed by atoms with van der Waals surface area (Å²) in [5.41, 5.74) is 3.80. The molecular formula is C23H16N4. The van der Waals surface area contributed by atoms with Crippen molar-refractivity contribution in [1.82, 2.24) is 19.9 Å². The van der Waals surface area contributed by atoms with Gasteiger partial charge >= 0.3 is 0 Å². The number of H-pyrrole nitrogens is 1. The van der Waals surface area contributed by atoms with E-state index in [9.17, 15) is 0 Å². The standard InChI is InChI=1S/C13H8N4.C10H8/c1-3-8-10(14-5-1)11-9(4-2-6-15-11)13-12(8)16-7-17-13;1-2-6-10-8-4-3-7-9(10)5-1/h1-7,14H;1-8H. The maximum Gasteiger partial charge on any atom is 0.116 e. The van der Waals surface area contributed by atoms with E-state index in [0.717, 1.165) is 32.8 Å². The fourth-order valence-electron chi connectivity index (χ4n) is 3.42. The molecule has 0 radical (unpaired) electrons. The normalized spacial score (nSPS) is 11.0. The van der Waals surface area contributed by atoms with Crippen LogP contribution in [0.1, 0.15) is 0 Å². The van der Waals surface area contributed by atoms with E-state index >= 15 is 0 Å². The molecule has 1 N–H and O–H groups in total. The van der Waals surface area contributed by atoms with Gasteiger partial charge in [0.2, 0.25) is 0 Å². The lowest BCUT2D eigenvalue weighted by Crippen LogP contribution is -1.86. The second-order valence-electron chi connectivity index (χ2n) is 6.28. The Morgan fingerprint density at radius 2 is 1.19 bits per heavy atom. The molecule has 0 unspecified atom stereocenters. The third kappa shape index (κ3) is 2.68. The van der Waals surface area contributed by atoms with Crippen LogP contribution >= 0.6 is 0 Å². The summed E-state index contributed by atoms with van der Waals surface area (Å²) in [5, 5.41) is 4.72. The number of pyridine rings is 2. The molecule has 6 aromatic rings. The molecule has 0 atom stereocenters. The van der Waals surface area contributed by atoms with Crippen molar-refractivity contribution in [1.29, 1.82) is 0 Å². The average molecular weight is 348 g/mol. The molecule has 27 heavy (non-hydrogen) atoms. The zero-order valence-corrected chi connectivity index (χ0v) is 14.5. The maximum absolute atomic E-state index is 4.44. The Kier molecular flexibility index (Phi) is 3.72. The van der Waals surface area contributed by atoms with Crippen LogP contribution in [0.25, 0.3) is 43.6 Å². The minimum absolute atomic E-state index is 0.917. The monoisotopic (exact) mass is 348 g/mol. The van der Waals surface area contributed by atoms with Gasteiger partial charge in [0.1, 0.15) is 17.4 Å². The molecule has 128 valence electrons. The number of hydrogen-bond acceptors (Lipinski definition) is 3. The van der Waals surface area contributed by atoms with Crippen LogP contribution in [0.15, 0.2) is 91.5 Å². The molecule has 6 rings (SSSR count). The zero-order chi connectivity index (χ0) is 18.1. The Balaban J connectivity index is 0.000000137. The first-order valence-electron chi connectivity index (χ1n) is 8.80. The highest BCUT2D eigenvalue weighted by atomic mass is 14.9. The van der Waals surface area contributed by atoms with Crippen molar-refractivity contribution < 1.29 is 0 Å². The lowest BCUT2D eigenvalue weighted by Gasteiger charge is -2.03. The van der Waals surface area contributed by atoms with Gasteiger partial charge in [-0.1, -0.05) is 48.5 Å². The number of benzene rings is 3. The van der Waals surface area contributed by atoms with Crippen molar-refractivity contribution in [3.8, 4) is 0 Å². The predicted molar refractivity (Wildman–Crippen MR) is 111 cm³/mol. The van der Waals surface area contributed by atoms with Crippen molar-refractivity contribution >= 4 is 43.6 Å². The Morgan fingerprint density at radius 1 is 0.556 bits per heavy atom. The van der Waals surface area contributed by atoms with Crippen LogP contribution in [0.2, 0.25) is 0 Å². The Hall–Kier alpha value is -3.79. The lowest BCUT2D eigenvalue weighted by atomic mass is 10.1. The summed E-state index contributed by atoms with van der Waals surface area (Å²) >= 11 is 0. The molecule has 3 heterocycles. The van der Waals surface area contributed by atoms with E-state index in [1.165, 1.54) is 10.8 Å². The topological polar surface area (TPSA) is 54.5 Å². The molecule has 0 spiro atoms. The van der Waals surface area contributed by atoms with Crippen LogP contribution in [-0.4, -0.2) is 19.9 Å². The number of imidazole rings is 1. The van der Waals surface area contributed by atoms with Crippen LogP contribution in [-0.2, 0) is 0 Å². The van der Waals surface area contributed by atoms with Gasteiger partial charge in [-0.25, -0.2) is 9.97 Å². The number of nitrogens with one attached hydrogen (secondary N) is 1. The Morgan fingerprint density at radius 3 is 1.89 bits per heavy atom. The van der Waals surface area contributed by atoms with E-state index in [1.54, 1.807) is 12.5 Å². The molecule has 0 aliphatic heterocycles. The smallest absolute Gasteiger partial charge is 0.116 e. The molecule has 0 bridgehead atoms. The van der Waals surface area contributed by atoms with Gasteiger partial charge in [0.25, 0.3) is 0 Å². The highest BCUT2D eigenvalue weighted by molar-refractivity contribution is 6.20. The summed E-state index contributed by atoms with van der Waals surface area (Å²) in [5.74, 6) is 0. The second kappa shape index (κ2) is 6.50. The van der Waals surface area contributed by atoms with E-state index in [2.05, 4.69) is 68.5 Å². The van der Waals surface area contributed by atoms with Gasteiger partial charge in [0.05, 0.1) is 11.0 Å². The van der Waals surface area contributed by atoms with Gasteiger partial charge in [-0.05, 0) is 35.0 Å². The molecule has 0 amide bonds. The van der Waals surface area contributed by atoms with E-state index in [4.69, 9.17) is 0 Å². The summed E-state index contributed by atoms with van der Waals surface area (Å²) in [6.45, 7) is 0. The third-order valence-corrected chi connectivity index (χ3v) is 4.67. The van der Waals surface area contributed by atoms with Crippen molar-refractivity contribution in [2.24, 2.45) is 0 Å². The Bertz CT molecular complexity index is 1250. The highest BCUT2D eigenvalue weighted by Crippen LogP contribution is 2.29. The number of aromatic nitrogens is 4. The predicted octanol–water partition coefficient (Wildman–Crippen LogP) is 5.50. The second-order valence-corrected chi connectivity index (χ2v) is 6.28. The zero-order valence-electron chi connectivity index (χ0n) is 14.5. The number of fused-ring (bicyclic) bond motifs is 7. The highest BCUT2D eigenvalue weighted by Gasteiger charge is 2.11. The summed E-state index contributed by atoms with van der Waals surface area (Å²) < 4.78 is 0. The molecule has 3 aromatic carbocycles. The molecule has 0 aliphatic carbocycles. The van der Waals surface area contributed by atoms with Gasteiger partial charge in [-0.3, -0.25) is 4.98 Å². The molecule has 4 nitrogen and oxygen atoms in total. The third-order valence-electron chi connectivity index (χ3n) is 4.67. The molecule has 0 saturated heterocycles. The van der Waals surface area contributed by atoms with Crippen LogP contribution < -0.4 is 0 Å². The summed E-state index contributed by atoms with van der Waals surface area (Å²) in [6.07, 6.45) is 5.30. The molecule has 4 heteroatoms. The van der Waals surface area contributed by atoms with E-state index < -0.39 is 0 Å². The van der Waals surface area contributed by atoms with Gasteiger partial charge in [-0.2, -0.15) is 0 Å². The van der Waals surface area contributed by atoms with Gasteiger partial charge in [0, 0.05) is 23.2 Å². The lowest BCUT2D eigenvalue weighted by molar-refractivity contribution is 1.35. The van der Waals surface area contributed by atoms with Crippen LogP contribution in [0, 0.1) is 0 Å². The van der Waals surface area contributed by atoms with Crippen molar-refractivity contribution in [2.45, 2.75) is 0 Å². The summed E-state index contributed by atoms with van der Waals surface area (Å²) in [4.78, 5) is 16.4. The molecular weight excluding hydrogens is 332 g/mol. The molecule has 0 aliphatic rings. The first kappa shape index (κ1) is 15.5. The fourth-order valence-corrected chi connectivity index (χ4v) is 3.42. The minimum Gasteiger partial charge on any atom is -0.359 e. The largest absolute Gasteiger partial charge is 0.359 e. The van der Waals surface area contributed by atoms with Crippen molar-refractivity contribution in [3.63, 3.8) is 0 Å². The van der Waals surface area contributed by atoms with Gasteiger partial charge in [-0.15, -0.1) is 0 Å². The van der Waals surface area contributed by atoms with Crippen molar-refractivity contribution in [2.75, 3.05) is 0 Å². The number of aromatic amines is 1. The Labute approximate surface area is 155 Å². The molecule has 0 saturated carbocycles.